The molecule has 0 amide bonds. The van der Waals surface area contributed by atoms with Gasteiger partial charge in [-0.3, -0.25) is 0 Å². The number of rotatable bonds is 5. The summed E-state index contributed by atoms with van der Waals surface area (Å²) < 4.78 is 1.87. The summed E-state index contributed by atoms with van der Waals surface area (Å²) in [4.78, 5) is 4.54. The molecule has 2 aromatic heterocycles. The molecule has 0 atom stereocenters. The lowest BCUT2D eigenvalue weighted by molar-refractivity contribution is 0.884. The van der Waals surface area contributed by atoms with Gasteiger partial charge in [0.2, 0.25) is 0 Å². The Kier molecular flexibility index (Phi) is 6.28. The fourth-order valence-corrected chi connectivity index (χ4v) is 4.66. The van der Waals surface area contributed by atoms with Gasteiger partial charge in [-0.05, 0) is 72.1 Å². The van der Waals surface area contributed by atoms with Crippen LogP contribution in [0.2, 0.25) is 5.15 Å². The van der Waals surface area contributed by atoms with Crippen molar-refractivity contribution in [3.8, 4) is 16.9 Å². The first-order chi connectivity index (χ1) is 18.5. The topological polar surface area (TPSA) is 55.4 Å². The quantitative estimate of drug-likeness (QED) is 0.133. The van der Waals surface area contributed by atoms with E-state index in [9.17, 15) is 0 Å². The van der Waals surface area contributed by atoms with Crippen molar-refractivity contribution in [1.82, 2.24) is 14.8 Å². The summed E-state index contributed by atoms with van der Waals surface area (Å²) in [5, 5.41) is 17.3. The predicted octanol–water partition coefficient (Wildman–Crippen LogP) is 7.96. The van der Waals surface area contributed by atoms with Gasteiger partial charge in [0.15, 0.2) is 0 Å². The molecule has 0 bridgehead atoms. The van der Waals surface area contributed by atoms with Gasteiger partial charge >= 0.3 is 0 Å². The zero-order valence-corrected chi connectivity index (χ0v) is 21.8. The summed E-state index contributed by atoms with van der Waals surface area (Å²) in [5.41, 5.74) is 7.64. The van der Waals surface area contributed by atoms with Crippen LogP contribution in [0.4, 0.5) is 0 Å². The molecule has 0 aliphatic heterocycles. The molecule has 0 unspecified atom stereocenters. The van der Waals surface area contributed by atoms with E-state index in [4.69, 9.17) is 16.7 Å². The highest BCUT2D eigenvalue weighted by Crippen LogP contribution is 2.27. The second-order valence-corrected chi connectivity index (χ2v) is 9.62. The van der Waals surface area contributed by atoms with Gasteiger partial charge in [-0.25, -0.2) is 9.67 Å². The maximum Gasteiger partial charge on any atom is 0.138 e. The minimum Gasteiger partial charge on any atom is -0.240 e. The molecule has 6 heteroatoms. The summed E-state index contributed by atoms with van der Waals surface area (Å²) in [7, 11) is 0. The lowest BCUT2D eigenvalue weighted by Gasteiger charge is -2.05. The van der Waals surface area contributed by atoms with Crippen LogP contribution in [0, 0.1) is 13.8 Å². The number of hydrogen-bond donors (Lipinski definition) is 0. The van der Waals surface area contributed by atoms with Crippen LogP contribution in [0.15, 0.2) is 107 Å². The molecular weight excluding hydrogens is 490 g/mol. The van der Waals surface area contributed by atoms with E-state index in [1.54, 1.807) is 12.4 Å². The Hall–Kier alpha value is -4.61. The van der Waals surface area contributed by atoms with E-state index in [0.717, 1.165) is 38.8 Å². The third kappa shape index (κ3) is 4.72. The minimum atomic E-state index is 0.397. The molecule has 0 saturated carbocycles. The van der Waals surface area contributed by atoms with Crippen molar-refractivity contribution in [2.75, 3.05) is 0 Å². The molecule has 2 heterocycles. The van der Waals surface area contributed by atoms with Gasteiger partial charge in [-0.2, -0.15) is 15.3 Å². The zero-order valence-electron chi connectivity index (χ0n) is 21.0. The van der Waals surface area contributed by atoms with E-state index >= 15 is 0 Å². The predicted molar refractivity (Wildman–Crippen MR) is 158 cm³/mol. The normalized spacial score (nSPS) is 11.9. The summed E-state index contributed by atoms with van der Waals surface area (Å²) in [5.74, 6) is 0. The van der Waals surface area contributed by atoms with E-state index < -0.39 is 0 Å². The second-order valence-electron chi connectivity index (χ2n) is 9.26. The zero-order chi connectivity index (χ0) is 26.1. The van der Waals surface area contributed by atoms with Gasteiger partial charge in [-0.1, -0.05) is 66.2 Å². The van der Waals surface area contributed by atoms with Crippen molar-refractivity contribution in [1.29, 1.82) is 0 Å². The Labute approximate surface area is 225 Å². The number of nitrogens with zero attached hydrogens (tertiary/aromatic N) is 5. The van der Waals surface area contributed by atoms with E-state index in [-0.39, 0.29) is 0 Å². The molecule has 0 spiro atoms. The lowest BCUT2D eigenvalue weighted by Crippen LogP contribution is -1.94. The molecule has 0 aliphatic carbocycles. The molecule has 184 valence electrons. The van der Waals surface area contributed by atoms with Crippen molar-refractivity contribution in [3.05, 3.63) is 125 Å². The fourth-order valence-electron chi connectivity index (χ4n) is 4.47. The SMILES string of the molecule is Cc1cc2cc(/C=N/N=C/c3cn(-c4ccccc4)nc3-c3ccc4ccccc4c3)c(Cl)nc2cc1C. The number of aromatic nitrogens is 3. The molecular formula is C32H24ClN5. The van der Waals surface area contributed by atoms with E-state index in [0.29, 0.717) is 10.7 Å². The highest BCUT2D eigenvalue weighted by atomic mass is 35.5. The van der Waals surface area contributed by atoms with Gasteiger partial charge in [0.1, 0.15) is 10.8 Å². The number of aryl methyl sites for hydroxylation is 2. The van der Waals surface area contributed by atoms with Crippen molar-refractivity contribution in [2.24, 2.45) is 10.2 Å². The standard InChI is InChI=1S/C32H24ClN5/c1-21-14-26-17-27(32(33)36-30(26)15-22(21)2)18-34-35-19-28-20-38(29-10-4-3-5-11-29)37-31(28)25-13-12-23-8-6-7-9-24(23)16-25/h3-20H,1-2H3/b34-18+,35-19+. The van der Waals surface area contributed by atoms with Gasteiger partial charge in [0.25, 0.3) is 0 Å². The first-order valence-electron chi connectivity index (χ1n) is 12.3. The third-order valence-electron chi connectivity index (χ3n) is 6.66. The maximum atomic E-state index is 6.45. The Balaban J connectivity index is 1.36. The number of hydrogen-bond acceptors (Lipinski definition) is 4. The first kappa shape index (κ1) is 23.8. The van der Waals surface area contributed by atoms with Crippen molar-refractivity contribution in [3.63, 3.8) is 0 Å². The van der Waals surface area contributed by atoms with Crippen LogP contribution in [-0.4, -0.2) is 27.2 Å². The molecule has 6 aromatic rings. The number of pyridine rings is 1. The van der Waals surface area contributed by atoms with Crippen molar-refractivity contribution >= 4 is 45.7 Å². The first-order valence-corrected chi connectivity index (χ1v) is 12.7. The average Bonchev–Trinajstić information content (AvgIpc) is 3.37. The summed E-state index contributed by atoms with van der Waals surface area (Å²) >= 11 is 6.45. The average molecular weight is 514 g/mol. The number of benzene rings is 4. The molecule has 0 radical (unpaired) electrons. The summed E-state index contributed by atoms with van der Waals surface area (Å²) in [6, 6.07) is 30.8. The van der Waals surface area contributed by atoms with Crippen LogP contribution < -0.4 is 0 Å². The van der Waals surface area contributed by atoms with E-state index in [1.165, 1.54) is 16.5 Å². The lowest BCUT2D eigenvalue weighted by atomic mass is 10.0. The van der Waals surface area contributed by atoms with Crippen LogP contribution in [0.25, 0.3) is 38.6 Å². The van der Waals surface area contributed by atoms with Gasteiger partial charge in [-0.15, -0.1) is 0 Å². The molecule has 4 aromatic carbocycles. The second kappa shape index (κ2) is 10.0. The van der Waals surface area contributed by atoms with Crippen LogP contribution >= 0.6 is 11.6 Å². The molecule has 0 saturated heterocycles. The number of fused-ring (bicyclic) bond motifs is 2. The summed E-state index contributed by atoms with van der Waals surface area (Å²) in [6.45, 7) is 4.16. The van der Waals surface area contributed by atoms with Crippen LogP contribution in [-0.2, 0) is 0 Å². The molecule has 38 heavy (non-hydrogen) atoms. The van der Waals surface area contributed by atoms with Crippen molar-refractivity contribution < 1.29 is 0 Å². The molecule has 5 nitrogen and oxygen atoms in total. The summed E-state index contributed by atoms with van der Waals surface area (Å²) in [6.07, 6.45) is 5.33. The smallest absolute Gasteiger partial charge is 0.138 e. The molecule has 6 rings (SSSR count). The molecule has 0 N–H and O–H groups in total. The fraction of sp³-hybridized carbons (Fsp3) is 0.0625. The molecule has 0 aliphatic rings. The highest BCUT2D eigenvalue weighted by molar-refractivity contribution is 6.32. The van der Waals surface area contributed by atoms with Crippen molar-refractivity contribution in [2.45, 2.75) is 13.8 Å². The number of para-hydroxylation sites is 1. The Morgan fingerprint density at radius 2 is 1.42 bits per heavy atom. The Morgan fingerprint density at radius 1 is 0.711 bits per heavy atom. The maximum absolute atomic E-state index is 6.45. The minimum absolute atomic E-state index is 0.397. The van der Waals surface area contributed by atoms with E-state index in [2.05, 4.69) is 65.4 Å². The van der Waals surface area contributed by atoms with Gasteiger partial charge in [0.05, 0.1) is 23.6 Å². The Bertz CT molecular complexity index is 1850. The monoisotopic (exact) mass is 513 g/mol. The van der Waals surface area contributed by atoms with Crippen LogP contribution in [0.1, 0.15) is 22.3 Å². The van der Waals surface area contributed by atoms with Crippen LogP contribution in [0.3, 0.4) is 0 Å². The largest absolute Gasteiger partial charge is 0.240 e. The van der Waals surface area contributed by atoms with Gasteiger partial charge in [0, 0.05) is 28.3 Å². The molecule has 0 fully saturated rings. The number of halogens is 1. The highest BCUT2D eigenvalue weighted by Gasteiger charge is 2.12. The third-order valence-corrected chi connectivity index (χ3v) is 6.96. The van der Waals surface area contributed by atoms with Crippen LogP contribution in [0.5, 0.6) is 0 Å². The van der Waals surface area contributed by atoms with Gasteiger partial charge < -0.3 is 0 Å². The Morgan fingerprint density at radius 3 is 2.24 bits per heavy atom. The van der Waals surface area contributed by atoms with E-state index in [1.807, 2.05) is 65.5 Å².